The van der Waals surface area contributed by atoms with Gasteiger partial charge < -0.3 is 15.7 Å². The van der Waals surface area contributed by atoms with Crippen molar-refractivity contribution < 1.29 is 18.7 Å². The maximum Gasteiger partial charge on any atom is 0.315 e. The average molecular weight is 298 g/mol. The molecule has 2 rings (SSSR count). The van der Waals surface area contributed by atoms with Crippen LogP contribution in [0.25, 0.3) is 0 Å². The van der Waals surface area contributed by atoms with Crippen LogP contribution in [0.4, 0.5) is 13.6 Å². The SMILES string of the molecule is O=C(NCc1ccc(C(F)F)cc1)NCC1CCC(O)C1. The molecule has 1 saturated carbocycles. The highest BCUT2D eigenvalue weighted by Gasteiger charge is 2.22. The van der Waals surface area contributed by atoms with E-state index in [1.54, 1.807) is 12.1 Å². The summed E-state index contributed by atoms with van der Waals surface area (Å²) in [6.07, 6.45) is -0.263. The smallest absolute Gasteiger partial charge is 0.315 e. The Bertz CT molecular complexity index is 465. The van der Waals surface area contributed by atoms with Gasteiger partial charge in [-0.3, -0.25) is 0 Å². The van der Waals surface area contributed by atoms with Crippen molar-refractivity contribution >= 4 is 6.03 Å². The summed E-state index contributed by atoms with van der Waals surface area (Å²) in [6, 6.07) is 5.60. The summed E-state index contributed by atoms with van der Waals surface area (Å²) in [7, 11) is 0. The van der Waals surface area contributed by atoms with E-state index in [1.807, 2.05) is 0 Å². The molecule has 1 aromatic rings. The molecule has 0 heterocycles. The fraction of sp³-hybridized carbons (Fsp3) is 0.533. The molecule has 1 aliphatic rings. The largest absolute Gasteiger partial charge is 0.393 e. The standard InChI is InChI=1S/C15H20F2N2O2/c16-14(17)12-4-1-10(2-5-12)8-18-15(21)19-9-11-3-6-13(20)7-11/h1-2,4-5,11,13-14,20H,3,6-9H2,(H2,18,19,21). The van der Waals surface area contributed by atoms with Crippen molar-refractivity contribution in [1.29, 1.82) is 0 Å². The summed E-state index contributed by atoms with van der Waals surface area (Å²) in [5, 5.41) is 14.8. The third-order valence-corrected chi connectivity index (χ3v) is 3.75. The highest BCUT2D eigenvalue weighted by molar-refractivity contribution is 5.73. The lowest BCUT2D eigenvalue weighted by atomic mass is 10.1. The minimum atomic E-state index is -2.47. The van der Waals surface area contributed by atoms with E-state index in [0.717, 1.165) is 24.8 Å². The lowest BCUT2D eigenvalue weighted by Gasteiger charge is -2.12. The number of carbonyl (C=O) groups excluding carboxylic acids is 1. The molecule has 1 fully saturated rings. The van der Waals surface area contributed by atoms with Crippen LogP contribution in [0, 0.1) is 5.92 Å². The van der Waals surface area contributed by atoms with E-state index in [-0.39, 0.29) is 17.7 Å². The van der Waals surface area contributed by atoms with Crippen LogP contribution in [-0.2, 0) is 6.54 Å². The van der Waals surface area contributed by atoms with Crippen molar-refractivity contribution in [2.75, 3.05) is 6.54 Å². The van der Waals surface area contributed by atoms with Gasteiger partial charge in [0.1, 0.15) is 0 Å². The Kier molecular flexibility index (Phi) is 5.50. The van der Waals surface area contributed by atoms with Gasteiger partial charge in [-0.2, -0.15) is 0 Å². The number of benzene rings is 1. The number of nitrogens with one attached hydrogen (secondary N) is 2. The number of alkyl halides is 2. The van der Waals surface area contributed by atoms with Crippen molar-refractivity contribution in [3.63, 3.8) is 0 Å². The summed E-state index contributed by atoms with van der Waals surface area (Å²) in [6.45, 7) is 0.843. The van der Waals surface area contributed by atoms with E-state index in [4.69, 9.17) is 0 Å². The van der Waals surface area contributed by atoms with Crippen LogP contribution < -0.4 is 10.6 Å². The molecule has 2 unspecified atom stereocenters. The van der Waals surface area contributed by atoms with Crippen LogP contribution in [0.1, 0.15) is 36.8 Å². The maximum atomic E-state index is 12.4. The molecule has 0 aliphatic heterocycles. The van der Waals surface area contributed by atoms with Gasteiger partial charge in [-0.05, 0) is 30.7 Å². The van der Waals surface area contributed by atoms with Crippen molar-refractivity contribution in [1.82, 2.24) is 10.6 Å². The Morgan fingerprint density at radius 3 is 2.52 bits per heavy atom. The quantitative estimate of drug-likeness (QED) is 0.782. The fourth-order valence-corrected chi connectivity index (χ4v) is 2.50. The van der Waals surface area contributed by atoms with Gasteiger partial charge >= 0.3 is 6.03 Å². The molecule has 21 heavy (non-hydrogen) atoms. The van der Waals surface area contributed by atoms with Crippen LogP contribution in [0.15, 0.2) is 24.3 Å². The van der Waals surface area contributed by atoms with Gasteiger partial charge in [0.05, 0.1) is 6.10 Å². The molecule has 3 N–H and O–H groups in total. The lowest BCUT2D eigenvalue weighted by molar-refractivity contribution is 0.151. The molecular weight excluding hydrogens is 278 g/mol. The zero-order valence-corrected chi connectivity index (χ0v) is 11.7. The van der Waals surface area contributed by atoms with E-state index in [1.165, 1.54) is 12.1 Å². The molecule has 116 valence electrons. The second-order valence-electron chi connectivity index (χ2n) is 5.44. The van der Waals surface area contributed by atoms with Gasteiger partial charge in [-0.25, -0.2) is 13.6 Å². The number of carbonyl (C=O) groups is 1. The van der Waals surface area contributed by atoms with Gasteiger partial charge in [0, 0.05) is 18.7 Å². The van der Waals surface area contributed by atoms with Gasteiger partial charge in [-0.1, -0.05) is 24.3 Å². The molecule has 6 heteroatoms. The Hall–Kier alpha value is -1.69. The number of halogens is 2. The van der Waals surface area contributed by atoms with Crippen LogP contribution >= 0.6 is 0 Å². The van der Waals surface area contributed by atoms with Gasteiger partial charge in [-0.15, -0.1) is 0 Å². The number of aliphatic hydroxyl groups is 1. The number of amides is 2. The van der Waals surface area contributed by atoms with Crippen molar-refractivity contribution in [2.45, 2.75) is 38.3 Å². The van der Waals surface area contributed by atoms with Gasteiger partial charge in [0.15, 0.2) is 0 Å². The van der Waals surface area contributed by atoms with Crippen molar-refractivity contribution in [3.05, 3.63) is 35.4 Å². The predicted octanol–water partition coefficient (Wildman–Crippen LogP) is 2.58. The van der Waals surface area contributed by atoms with Crippen molar-refractivity contribution in [3.8, 4) is 0 Å². The molecule has 2 amide bonds. The zero-order chi connectivity index (χ0) is 15.2. The molecule has 0 bridgehead atoms. The number of hydrogen-bond acceptors (Lipinski definition) is 2. The first-order valence-electron chi connectivity index (χ1n) is 7.11. The highest BCUT2D eigenvalue weighted by atomic mass is 19.3. The Morgan fingerprint density at radius 1 is 1.24 bits per heavy atom. The summed E-state index contributed by atoms with van der Waals surface area (Å²) < 4.78 is 24.8. The van der Waals surface area contributed by atoms with E-state index in [2.05, 4.69) is 10.6 Å². The predicted molar refractivity (Wildman–Crippen MR) is 75.0 cm³/mol. The first-order valence-corrected chi connectivity index (χ1v) is 7.11. The normalized spacial score (nSPS) is 21.5. The molecule has 4 nitrogen and oxygen atoms in total. The monoisotopic (exact) mass is 298 g/mol. The first-order chi connectivity index (χ1) is 10.0. The minimum absolute atomic E-state index is 0.0250. The maximum absolute atomic E-state index is 12.4. The number of aliphatic hydroxyl groups excluding tert-OH is 1. The molecule has 2 atom stereocenters. The lowest BCUT2D eigenvalue weighted by Crippen LogP contribution is -2.37. The van der Waals surface area contributed by atoms with E-state index >= 15 is 0 Å². The number of hydrogen-bond donors (Lipinski definition) is 3. The third kappa shape index (κ3) is 4.97. The molecule has 0 radical (unpaired) electrons. The van der Waals surface area contributed by atoms with Crippen molar-refractivity contribution in [2.24, 2.45) is 5.92 Å². The summed E-state index contributed by atoms with van der Waals surface area (Å²) in [5.41, 5.74) is 0.744. The number of urea groups is 1. The number of rotatable bonds is 5. The minimum Gasteiger partial charge on any atom is -0.393 e. The van der Waals surface area contributed by atoms with E-state index in [0.29, 0.717) is 19.0 Å². The van der Waals surface area contributed by atoms with E-state index < -0.39 is 6.43 Å². The molecule has 0 spiro atoms. The second-order valence-corrected chi connectivity index (χ2v) is 5.44. The van der Waals surface area contributed by atoms with Crippen LogP contribution in [-0.4, -0.2) is 23.8 Å². The van der Waals surface area contributed by atoms with Crippen LogP contribution in [0.2, 0.25) is 0 Å². The van der Waals surface area contributed by atoms with Gasteiger partial charge in [0.2, 0.25) is 0 Å². The summed E-state index contributed by atoms with van der Waals surface area (Å²) in [4.78, 5) is 11.6. The fourth-order valence-electron chi connectivity index (χ4n) is 2.50. The Morgan fingerprint density at radius 2 is 1.95 bits per heavy atom. The van der Waals surface area contributed by atoms with Crippen LogP contribution in [0.5, 0.6) is 0 Å². The Labute approximate surface area is 122 Å². The summed E-state index contributed by atoms with van der Waals surface area (Å²) in [5.74, 6) is 0.330. The summed E-state index contributed by atoms with van der Waals surface area (Å²) >= 11 is 0. The topological polar surface area (TPSA) is 61.4 Å². The van der Waals surface area contributed by atoms with E-state index in [9.17, 15) is 18.7 Å². The molecule has 1 aliphatic carbocycles. The molecule has 1 aromatic carbocycles. The molecule has 0 aromatic heterocycles. The average Bonchev–Trinajstić information content (AvgIpc) is 2.89. The molecular formula is C15H20F2N2O2. The molecule has 0 saturated heterocycles. The van der Waals surface area contributed by atoms with Crippen LogP contribution in [0.3, 0.4) is 0 Å². The Balaban J connectivity index is 1.68. The zero-order valence-electron chi connectivity index (χ0n) is 11.7. The highest BCUT2D eigenvalue weighted by Crippen LogP contribution is 2.24. The van der Waals surface area contributed by atoms with Gasteiger partial charge in [0.25, 0.3) is 6.43 Å². The second kappa shape index (κ2) is 7.36. The third-order valence-electron chi connectivity index (χ3n) is 3.75. The first kappa shape index (κ1) is 15.7.